The molecule has 0 aliphatic carbocycles. The monoisotopic (exact) mass is 418 g/mol. The second-order valence-electron chi connectivity index (χ2n) is 7.33. The van der Waals surface area contributed by atoms with Gasteiger partial charge in [0.05, 0.1) is 36.5 Å². The Hall–Kier alpha value is -4.01. The average Bonchev–Trinajstić information content (AvgIpc) is 3.43. The molecule has 9 heteroatoms. The van der Waals surface area contributed by atoms with Crippen LogP contribution in [-0.2, 0) is 0 Å². The third-order valence-corrected chi connectivity index (χ3v) is 5.45. The molecule has 1 fully saturated rings. The zero-order chi connectivity index (χ0) is 21.4. The zero-order valence-corrected chi connectivity index (χ0v) is 16.7. The number of amides is 1. The highest BCUT2D eigenvalue weighted by Gasteiger charge is 2.35. The van der Waals surface area contributed by atoms with Gasteiger partial charge in [-0.1, -0.05) is 17.3 Å². The van der Waals surface area contributed by atoms with Crippen LogP contribution in [0, 0.1) is 5.82 Å². The van der Waals surface area contributed by atoms with E-state index in [2.05, 4.69) is 20.5 Å². The van der Waals surface area contributed by atoms with E-state index in [1.165, 1.54) is 10.7 Å². The lowest BCUT2D eigenvalue weighted by Gasteiger charge is -2.38. The number of nitrogens with one attached hydrogen (secondary N) is 1. The standard InChI is InChI=1S/C22H19FN6O2/c1-31-16-8-6-14(7-9-16)21-17(10-24-26-21)22(30)28-11-15(12-28)19-13-29(27-25-19)20-5-3-2-4-18(20)23/h2-10,13,15H,11-12H2,1H3,(H,24,26). The molecule has 0 radical (unpaired) electrons. The van der Waals surface area contributed by atoms with E-state index in [-0.39, 0.29) is 17.6 Å². The summed E-state index contributed by atoms with van der Waals surface area (Å²) in [5.41, 5.74) is 3.11. The van der Waals surface area contributed by atoms with Crippen LogP contribution in [0.25, 0.3) is 16.9 Å². The number of methoxy groups -OCH3 is 1. The van der Waals surface area contributed by atoms with Crippen LogP contribution >= 0.6 is 0 Å². The van der Waals surface area contributed by atoms with E-state index in [4.69, 9.17) is 4.74 Å². The smallest absolute Gasteiger partial charge is 0.257 e. The molecule has 2 aromatic heterocycles. The summed E-state index contributed by atoms with van der Waals surface area (Å²) in [5, 5.41) is 15.2. The van der Waals surface area contributed by atoms with E-state index in [0.717, 1.165) is 17.0 Å². The lowest BCUT2D eigenvalue weighted by molar-refractivity contribution is 0.0599. The van der Waals surface area contributed by atoms with Crippen molar-refractivity contribution < 1.29 is 13.9 Å². The Bertz CT molecular complexity index is 1230. The summed E-state index contributed by atoms with van der Waals surface area (Å²) >= 11 is 0. The van der Waals surface area contributed by atoms with E-state index in [9.17, 15) is 9.18 Å². The van der Waals surface area contributed by atoms with Gasteiger partial charge in [0.1, 0.15) is 17.3 Å². The molecular weight excluding hydrogens is 399 g/mol. The van der Waals surface area contributed by atoms with Gasteiger partial charge < -0.3 is 9.64 Å². The lowest BCUT2D eigenvalue weighted by Crippen LogP contribution is -2.48. The predicted octanol–water partition coefficient (Wildman–Crippen LogP) is 3.04. The van der Waals surface area contributed by atoms with Gasteiger partial charge in [0.25, 0.3) is 5.91 Å². The third kappa shape index (κ3) is 3.43. The summed E-state index contributed by atoms with van der Waals surface area (Å²) in [6.07, 6.45) is 3.26. The number of carbonyl (C=O) groups excluding carboxylic acids is 1. The molecule has 1 N–H and O–H groups in total. The number of ether oxygens (including phenoxy) is 1. The van der Waals surface area contributed by atoms with E-state index < -0.39 is 0 Å². The van der Waals surface area contributed by atoms with E-state index in [1.54, 1.807) is 42.6 Å². The molecule has 0 bridgehead atoms. The van der Waals surface area contributed by atoms with Crippen molar-refractivity contribution in [3.8, 4) is 22.7 Å². The second kappa shape index (κ2) is 7.67. The molecule has 0 spiro atoms. The highest BCUT2D eigenvalue weighted by atomic mass is 19.1. The Kier molecular flexibility index (Phi) is 4.70. The molecule has 5 rings (SSSR count). The molecule has 1 aliphatic rings. The van der Waals surface area contributed by atoms with Gasteiger partial charge in [-0.25, -0.2) is 9.07 Å². The fourth-order valence-corrected chi connectivity index (χ4v) is 3.65. The maximum absolute atomic E-state index is 14.0. The van der Waals surface area contributed by atoms with Gasteiger partial charge in [-0.05, 0) is 36.4 Å². The van der Waals surface area contributed by atoms with Crippen LogP contribution in [0.1, 0.15) is 22.0 Å². The molecule has 31 heavy (non-hydrogen) atoms. The first kappa shape index (κ1) is 19.0. The molecular formula is C22H19FN6O2. The molecule has 4 aromatic rings. The quantitative estimate of drug-likeness (QED) is 0.538. The molecule has 156 valence electrons. The Morgan fingerprint density at radius 3 is 2.68 bits per heavy atom. The fraction of sp³-hybridized carbons (Fsp3) is 0.182. The van der Waals surface area contributed by atoms with E-state index in [1.807, 2.05) is 24.3 Å². The van der Waals surface area contributed by atoms with Gasteiger partial charge in [-0.3, -0.25) is 9.89 Å². The normalized spacial score (nSPS) is 13.8. The maximum atomic E-state index is 14.0. The number of aromatic nitrogens is 5. The third-order valence-electron chi connectivity index (χ3n) is 5.45. The number of likely N-dealkylation sites (tertiary alicyclic amines) is 1. The first-order valence-electron chi connectivity index (χ1n) is 9.78. The Labute approximate surface area is 177 Å². The van der Waals surface area contributed by atoms with Crippen LogP contribution in [0.5, 0.6) is 5.75 Å². The number of halogens is 1. The molecule has 0 atom stereocenters. The summed E-state index contributed by atoms with van der Waals surface area (Å²) in [6, 6.07) is 13.8. The Morgan fingerprint density at radius 2 is 1.94 bits per heavy atom. The molecule has 3 heterocycles. The molecule has 1 amide bonds. The van der Waals surface area contributed by atoms with Crippen LogP contribution in [-0.4, -0.2) is 56.2 Å². The van der Waals surface area contributed by atoms with Crippen molar-refractivity contribution in [3.05, 3.63) is 78.0 Å². The largest absolute Gasteiger partial charge is 0.497 e. The number of hydrogen-bond acceptors (Lipinski definition) is 5. The second-order valence-corrected chi connectivity index (χ2v) is 7.33. The summed E-state index contributed by atoms with van der Waals surface area (Å²) in [5.74, 6) is 0.332. The van der Waals surface area contributed by atoms with Crippen LogP contribution in [0.2, 0.25) is 0 Å². The van der Waals surface area contributed by atoms with Gasteiger partial charge in [0.15, 0.2) is 0 Å². The van der Waals surface area contributed by atoms with Crippen LogP contribution in [0.4, 0.5) is 4.39 Å². The van der Waals surface area contributed by atoms with Crippen molar-refractivity contribution in [2.45, 2.75) is 5.92 Å². The van der Waals surface area contributed by atoms with Gasteiger partial charge >= 0.3 is 0 Å². The molecule has 1 saturated heterocycles. The van der Waals surface area contributed by atoms with Crippen molar-refractivity contribution in [3.63, 3.8) is 0 Å². The lowest BCUT2D eigenvalue weighted by atomic mass is 9.95. The summed E-state index contributed by atoms with van der Waals surface area (Å²) in [6.45, 7) is 1.03. The first-order valence-corrected chi connectivity index (χ1v) is 9.78. The minimum Gasteiger partial charge on any atom is -0.497 e. The zero-order valence-electron chi connectivity index (χ0n) is 16.7. The van der Waals surface area contributed by atoms with Crippen molar-refractivity contribution in [2.24, 2.45) is 0 Å². The van der Waals surface area contributed by atoms with Crippen molar-refractivity contribution in [2.75, 3.05) is 20.2 Å². The molecule has 0 saturated carbocycles. The highest BCUT2D eigenvalue weighted by molar-refractivity contribution is 6.00. The minimum atomic E-state index is -0.365. The number of nitrogens with zero attached hydrogens (tertiary/aromatic N) is 5. The van der Waals surface area contributed by atoms with Crippen molar-refractivity contribution in [1.82, 2.24) is 30.1 Å². The number of hydrogen-bond donors (Lipinski definition) is 1. The van der Waals surface area contributed by atoms with Crippen LogP contribution in [0.3, 0.4) is 0 Å². The summed E-state index contributed by atoms with van der Waals surface area (Å²) < 4.78 is 20.6. The van der Waals surface area contributed by atoms with Gasteiger partial charge in [-0.15, -0.1) is 5.10 Å². The Balaban J connectivity index is 1.28. The number of H-pyrrole nitrogens is 1. The molecule has 1 aliphatic heterocycles. The number of aromatic amines is 1. The number of benzene rings is 2. The van der Waals surface area contributed by atoms with Gasteiger partial charge in [0.2, 0.25) is 0 Å². The average molecular weight is 418 g/mol. The van der Waals surface area contributed by atoms with Crippen LogP contribution < -0.4 is 4.74 Å². The SMILES string of the molecule is COc1ccc(-c2[nH]ncc2C(=O)N2CC(c3cn(-c4ccccc4F)nn3)C2)cc1. The maximum Gasteiger partial charge on any atom is 0.257 e. The minimum absolute atomic E-state index is 0.0563. The van der Waals surface area contributed by atoms with Crippen molar-refractivity contribution >= 4 is 5.91 Å². The van der Waals surface area contributed by atoms with Crippen molar-refractivity contribution in [1.29, 1.82) is 0 Å². The Morgan fingerprint density at radius 1 is 1.16 bits per heavy atom. The molecule has 0 unspecified atom stereocenters. The number of carbonyl (C=O) groups is 1. The van der Waals surface area contributed by atoms with Crippen LogP contribution in [0.15, 0.2) is 60.9 Å². The topological polar surface area (TPSA) is 88.9 Å². The molecule has 8 nitrogen and oxygen atoms in total. The predicted molar refractivity (Wildman–Crippen MR) is 111 cm³/mol. The molecule has 2 aromatic carbocycles. The summed E-state index contributed by atoms with van der Waals surface area (Å²) in [7, 11) is 1.61. The number of para-hydroxylation sites is 1. The van der Waals surface area contributed by atoms with E-state index in [0.29, 0.717) is 30.0 Å². The summed E-state index contributed by atoms with van der Waals surface area (Å²) in [4.78, 5) is 14.7. The fourth-order valence-electron chi connectivity index (χ4n) is 3.65. The van der Waals surface area contributed by atoms with Gasteiger partial charge in [0, 0.05) is 24.6 Å². The highest BCUT2D eigenvalue weighted by Crippen LogP contribution is 2.30. The van der Waals surface area contributed by atoms with E-state index >= 15 is 0 Å². The van der Waals surface area contributed by atoms with Gasteiger partial charge in [-0.2, -0.15) is 5.10 Å². The first-order chi connectivity index (χ1) is 15.1. The number of rotatable bonds is 5.